The maximum Gasteiger partial charge on any atom is 0.243 e. The van der Waals surface area contributed by atoms with Crippen LogP contribution in [0.25, 0.3) is 0 Å². The van der Waals surface area contributed by atoms with Gasteiger partial charge in [-0.2, -0.15) is 0 Å². The summed E-state index contributed by atoms with van der Waals surface area (Å²) in [5, 5.41) is 3.21. The molecule has 0 heterocycles. The van der Waals surface area contributed by atoms with Crippen molar-refractivity contribution >= 4 is 11.8 Å². The smallest absolute Gasteiger partial charge is 0.243 e. The Hall–Kier alpha value is -2.62. The zero-order valence-corrected chi connectivity index (χ0v) is 19.4. The highest BCUT2D eigenvalue weighted by Gasteiger charge is 2.30. The standard InChI is InChI=1S/C27H36N2O2/c1-5-25(27(31)28-24-11-6-7-12-24)29(18-23-10-8-9-19(2)15-23)26(30)17-22-14-13-20(3)21(4)16-22/h8-10,13-16,24-25H,5-7,11-12,17-18H2,1-4H3,(H,28,31). The molecule has 0 spiro atoms. The third-order valence-corrected chi connectivity index (χ3v) is 6.45. The molecule has 1 saturated carbocycles. The fourth-order valence-corrected chi connectivity index (χ4v) is 4.48. The van der Waals surface area contributed by atoms with Crippen molar-refractivity contribution in [3.63, 3.8) is 0 Å². The van der Waals surface area contributed by atoms with E-state index in [1.54, 1.807) is 4.90 Å². The van der Waals surface area contributed by atoms with Gasteiger partial charge >= 0.3 is 0 Å². The van der Waals surface area contributed by atoms with Crippen molar-refractivity contribution in [2.45, 2.75) is 84.8 Å². The van der Waals surface area contributed by atoms with E-state index in [-0.39, 0.29) is 17.9 Å². The number of amides is 2. The van der Waals surface area contributed by atoms with E-state index in [0.717, 1.165) is 29.5 Å². The Kier molecular flexibility index (Phi) is 7.89. The predicted molar refractivity (Wildman–Crippen MR) is 126 cm³/mol. The van der Waals surface area contributed by atoms with Crippen molar-refractivity contribution in [2.24, 2.45) is 0 Å². The topological polar surface area (TPSA) is 49.4 Å². The summed E-state index contributed by atoms with van der Waals surface area (Å²) in [4.78, 5) is 28.5. The molecule has 0 bridgehead atoms. The number of hydrogen-bond donors (Lipinski definition) is 1. The van der Waals surface area contributed by atoms with Gasteiger partial charge < -0.3 is 10.2 Å². The lowest BCUT2D eigenvalue weighted by Crippen LogP contribution is -2.51. The van der Waals surface area contributed by atoms with Gasteiger partial charge in [0.15, 0.2) is 0 Å². The summed E-state index contributed by atoms with van der Waals surface area (Å²) in [7, 11) is 0. The average molecular weight is 421 g/mol. The Morgan fingerprint density at radius 3 is 2.39 bits per heavy atom. The van der Waals surface area contributed by atoms with E-state index in [4.69, 9.17) is 0 Å². The average Bonchev–Trinajstić information content (AvgIpc) is 3.23. The molecular weight excluding hydrogens is 384 g/mol. The quantitative estimate of drug-likeness (QED) is 0.652. The van der Waals surface area contributed by atoms with Crippen LogP contribution < -0.4 is 5.32 Å². The number of rotatable bonds is 8. The summed E-state index contributed by atoms with van der Waals surface area (Å²) in [5.74, 6) is -0.0197. The number of aryl methyl sites for hydroxylation is 3. The molecule has 1 atom stereocenters. The fourth-order valence-electron chi connectivity index (χ4n) is 4.48. The summed E-state index contributed by atoms with van der Waals surface area (Å²) in [6, 6.07) is 14.1. The minimum Gasteiger partial charge on any atom is -0.352 e. The monoisotopic (exact) mass is 420 g/mol. The van der Waals surface area contributed by atoms with Gasteiger partial charge in [0.25, 0.3) is 0 Å². The van der Waals surface area contributed by atoms with Crippen LogP contribution in [0.3, 0.4) is 0 Å². The van der Waals surface area contributed by atoms with Crippen molar-refractivity contribution in [1.82, 2.24) is 10.2 Å². The summed E-state index contributed by atoms with van der Waals surface area (Å²) in [6.45, 7) is 8.63. The number of nitrogens with zero attached hydrogens (tertiary/aromatic N) is 1. The third kappa shape index (κ3) is 6.19. The molecule has 1 fully saturated rings. The molecule has 0 saturated heterocycles. The van der Waals surface area contributed by atoms with E-state index in [1.807, 2.05) is 25.1 Å². The first-order valence-corrected chi connectivity index (χ1v) is 11.6. The van der Waals surface area contributed by atoms with Crippen molar-refractivity contribution in [1.29, 1.82) is 0 Å². The van der Waals surface area contributed by atoms with E-state index >= 15 is 0 Å². The molecule has 4 nitrogen and oxygen atoms in total. The molecule has 31 heavy (non-hydrogen) atoms. The molecule has 2 aromatic rings. The zero-order chi connectivity index (χ0) is 22.4. The number of nitrogens with one attached hydrogen (secondary N) is 1. The lowest BCUT2D eigenvalue weighted by molar-refractivity contribution is -0.141. The maximum absolute atomic E-state index is 13.5. The van der Waals surface area contributed by atoms with E-state index in [9.17, 15) is 9.59 Å². The minimum atomic E-state index is -0.458. The molecule has 166 valence electrons. The number of carbonyl (C=O) groups excluding carboxylic acids is 2. The first-order valence-electron chi connectivity index (χ1n) is 11.6. The zero-order valence-electron chi connectivity index (χ0n) is 19.4. The van der Waals surface area contributed by atoms with Gasteiger partial charge in [-0.25, -0.2) is 0 Å². The second kappa shape index (κ2) is 10.6. The van der Waals surface area contributed by atoms with Gasteiger partial charge in [-0.3, -0.25) is 9.59 Å². The van der Waals surface area contributed by atoms with Gasteiger partial charge in [0.2, 0.25) is 11.8 Å². The molecule has 1 unspecified atom stereocenters. The predicted octanol–water partition coefficient (Wildman–Crippen LogP) is 5.02. The van der Waals surface area contributed by atoms with Crippen LogP contribution in [0.5, 0.6) is 0 Å². The van der Waals surface area contributed by atoms with Crippen LogP contribution in [-0.2, 0) is 22.6 Å². The first-order chi connectivity index (χ1) is 14.9. The van der Waals surface area contributed by atoms with Gasteiger partial charge in [0.05, 0.1) is 6.42 Å². The highest BCUT2D eigenvalue weighted by Crippen LogP contribution is 2.20. The van der Waals surface area contributed by atoms with Crippen molar-refractivity contribution in [3.05, 3.63) is 70.3 Å². The molecule has 0 aromatic heterocycles. The molecule has 1 aliphatic carbocycles. The van der Waals surface area contributed by atoms with Crippen molar-refractivity contribution < 1.29 is 9.59 Å². The van der Waals surface area contributed by atoms with Gasteiger partial charge in [-0.1, -0.05) is 67.8 Å². The minimum absolute atomic E-state index is 0.00168. The van der Waals surface area contributed by atoms with Crippen molar-refractivity contribution in [2.75, 3.05) is 0 Å². The molecule has 2 aromatic carbocycles. The Morgan fingerprint density at radius 2 is 1.74 bits per heavy atom. The largest absolute Gasteiger partial charge is 0.352 e. The van der Waals surface area contributed by atoms with Gasteiger partial charge in [-0.05, 0) is 62.3 Å². The highest BCUT2D eigenvalue weighted by molar-refractivity contribution is 5.88. The summed E-state index contributed by atoms with van der Waals surface area (Å²) in [5.41, 5.74) is 5.60. The first kappa shape index (κ1) is 23.1. The fraction of sp³-hybridized carbons (Fsp3) is 0.481. The van der Waals surface area contributed by atoms with Crippen LogP contribution in [0.1, 0.15) is 66.8 Å². The van der Waals surface area contributed by atoms with Crippen LogP contribution in [0.2, 0.25) is 0 Å². The molecule has 0 radical (unpaired) electrons. The lowest BCUT2D eigenvalue weighted by atomic mass is 10.0. The molecule has 1 aliphatic rings. The van der Waals surface area contributed by atoms with Crippen LogP contribution in [-0.4, -0.2) is 28.8 Å². The van der Waals surface area contributed by atoms with Crippen molar-refractivity contribution in [3.8, 4) is 0 Å². The number of hydrogen-bond acceptors (Lipinski definition) is 2. The molecular formula is C27H36N2O2. The SMILES string of the molecule is CCC(C(=O)NC1CCCC1)N(Cc1cccc(C)c1)C(=O)Cc1ccc(C)c(C)c1. The van der Waals surface area contributed by atoms with Crippen LogP contribution in [0.4, 0.5) is 0 Å². The number of benzene rings is 2. The molecule has 2 amide bonds. The van der Waals surface area contributed by atoms with Gasteiger partial charge in [-0.15, -0.1) is 0 Å². The van der Waals surface area contributed by atoms with Gasteiger partial charge in [0, 0.05) is 12.6 Å². The maximum atomic E-state index is 13.5. The Balaban J connectivity index is 1.83. The second-order valence-corrected chi connectivity index (χ2v) is 9.02. The summed E-state index contributed by atoms with van der Waals surface area (Å²) < 4.78 is 0. The summed E-state index contributed by atoms with van der Waals surface area (Å²) >= 11 is 0. The Morgan fingerprint density at radius 1 is 1.00 bits per heavy atom. The Bertz CT molecular complexity index is 915. The Labute approximate surface area is 187 Å². The second-order valence-electron chi connectivity index (χ2n) is 9.02. The lowest BCUT2D eigenvalue weighted by Gasteiger charge is -2.31. The molecule has 3 rings (SSSR count). The van der Waals surface area contributed by atoms with E-state index in [1.165, 1.54) is 24.0 Å². The molecule has 0 aliphatic heterocycles. The van der Waals surface area contributed by atoms with E-state index < -0.39 is 6.04 Å². The van der Waals surface area contributed by atoms with Crippen LogP contribution >= 0.6 is 0 Å². The van der Waals surface area contributed by atoms with Crippen LogP contribution in [0, 0.1) is 20.8 Å². The third-order valence-electron chi connectivity index (χ3n) is 6.45. The van der Waals surface area contributed by atoms with Gasteiger partial charge in [0.1, 0.15) is 6.04 Å². The summed E-state index contributed by atoms with van der Waals surface area (Å²) in [6.07, 6.45) is 5.32. The molecule has 1 N–H and O–H groups in total. The van der Waals surface area contributed by atoms with Crippen LogP contribution in [0.15, 0.2) is 42.5 Å². The number of carbonyl (C=O) groups is 2. The normalized spacial score (nSPS) is 15.0. The molecule has 4 heteroatoms. The van der Waals surface area contributed by atoms with E-state index in [2.05, 4.69) is 50.4 Å². The highest BCUT2D eigenvalue weighted by atomic mass is 16.2. The van der Waals surface area contributed by atoms with E-state index in [0.29, 0.717) is 19.4 Å².